The predicted octanol–water partition coefficient (Wildman–Crippen LogP) is 2.94. The number of amides is 1. The Labute approximate surface area is 120 Å². The van der Waals surface area contributed by atoms with Crippen molar-refractivity contribution in [1.82, 2.24) is 10.2 Å². The Morgan fingerprint density at radius 3 is 2.70 bits per heavy atom. The standard InChI is InChI=1S/C15H24N2O3/c1-15(2,3)20-14(18)16-11-12(13-7-6-10-19-13)17-8-4-5-9-17/h6-7,10,12H,4-5,8-9,11H2,1-3H3,(H,16,18). The van der Waals surface area contributed by atoms with Crippen LogP contribution in [0.15, 0.2) is 22.8 Å². The number of carbonyl (C=O) groups excluding carboxylic acids is 1. The lowest BCUT2D eigenvalue weighted by molar-refractivity contribution is 0.0507. The maximum Gasteiger partial charge on any atom is 0.407 e. The first-order valence-corrected chi connectivity index (χ1v) is 7.20. The van der Waals surface area contributed by atoms with Crippen LogP contribution in [0.4, 0.5) is 4.79 Å². The highest BCUT2D eigenvalue weighted by molar-refractivity contribution is 5.67. The fraction of sp³-hybridized carbons (Fsp3) is 0.667. The van der Waals surface area contributed by atoms with Gasteiger partial charge >= 0.3 is 6.09 Å². The van der Waals surface area contributed by atoms with Gasteiger partial charge in [0, 0.05) is 6.54 Å². The number of hydrogen-bond donors (Lipinski definition) is 1. The summed E-state index contributed by atoms with van der Waals surface area (Å²) in [5.41, 5.74) is -0.474. The summed E-state index contributed by atoms with van der Waals surface area (Å²) in [6.45, 7) is 8.16. The van der Waals surface area contributed by atoms with Crippen LogP contribution in [0, 0.1) is 0 Å². The van der Waals surface area contributed by atoms with Crippen molar-refractivity contribution < 1.29 is 13.9 Å². The monoisotopic (exact) mass is 280 g/mol. The van der Waals surface area contributed by atoms with Crippen LogP contribution in [-0.2, 0) is 4.74 Å². The average Bonchev–Trinajstić information content (AvgIpc) is 2.98. The van der Waals surface area contributed by atoms with E-state index in [4.69, 9.17) is 9.15 Å². The van der Waals surface area contributed by atoms with Crippen LogP contribution in [0.5, 0.6) is 0 Å². The van der Waals surface area contributed by atoms with E-state index in [1.54, 1.807) is 6.26 Å². The Morgan fingerprint density at radius 1 is 1.45 bits per heavy atom. The summed E-state index contributed by atoms with van der Waals surface area (Å²) >= 11 is 0. The predicted molar refractivity (Wildman–Crippen MR) is 76.5 cm³/mol. The molecule has 0 radical (unpaired) electrons. The van der Waals surface area contributed by atoms with Gasteiger partial charge in [0.15, 0.2) is 0 Å². The van der Waals surface area contributed by atoms with E-state index in [2.05, 4.69) is 10.2 Å². The van der Waals surface area contributed by atoms with Crippen molar-refractivity contribution in [2.24, 2.45) is 0 Å². The molecule has 1 aliphatic rings. The van der Waals surface area contributed by atoms with Gasteiger partial charge in [-0.2, -0.15) is 0 Å². The quantitative estimate of drug-likeness (QED) is 0.921. The molecular formula is C15H24N2O3. The van der Waals surface area contributed by atoms with Gasteiger partial charge in [-0.1, -0.05) is 0 Å². The molecule has 2 heterocycles. The fourth-order valence-corrected chi connectivity index (χ4v) is 2.44. The number of likely N-dealkylation sites (tertiary alicyclic amines) is 1. The van der Waals surface area contributed by atoms with Crippen molar-refractivity contribution >= 4 is 6.09 Å². The molecule has 1 N–H and O–H groups in total. The van der Waals surface area contributed by atoms with Gasteiger partial charge in [-0.3, -0.25) is 4.90 Å². The van der Waals surface area contributed by atoms with Gasteiger partial charge in [0.25, 0.3) is 0 Å². The molecule has 112 valence electrons. The average molecular weight is 280 g/mol. The minimum absolute atomic E-state index is 0.0834. The second kappa shape index (κ2) is 6.31. The minimum atomic E-state index is -0.474. The number of nitrogens with zero attached hydrogens (tertiary/aromatic N) is 1. The first kappa shape index (κ1) is 14.9. The number of carbonyl (C=O) groups is 1. The molecule has 0 spiro atoms. The lowest BCUT2D eigenvalue weighted by atomic mass is 10.2. The second-order valence-corrected chi connectivity index (χ2v) is 6.16. The highest BCUT2D eigenvalue weighted by Gasteiger charge is 2.26. The van der Waals surface area contributed by atoms with Crippen molar-refractivity contribution in [3.05, 3.63) is 24.2 Å². The molecule has 1 fully saturated rings. The van der Waals surface area contributed by atoms with Gasteiger partial charge < -0.3 is 14.5 Å². The molecule has 1 aromatic rings. The number of alkyl carbamates (subject to hydrolysis) is 1. The van der Waals surface area contributed by atoms with E-state index in [9.17, 15) is 4.79 Å². The summed E-state index contributed by atoms with van der Waals surface area (Å²) in [7, 11) is 0. The van der Waals surface area contributed by atoms with E-state index >= 15 is 0 Å². The molecular weight excluding hydrogens is 256 g/mol. The van der Waals surface area contributed by atoms with E-state index in [1.165, 1.54) is 12.8 Å². The fourth-order valence-electron chi connectivity index (χ4n) is 2.44. The van der Waals surface area contributed by atoms with Crippen LogP contribution in [0.2, 0.25) is 0 Å². The summed E-state index contributed by atoms with van der Waals surface area (Å²) in [4.78, 5) is 14.1. The summed E-state index contributed by atoms with van der Waals surface area (Å²) in [6.07, 6.45) is 3.69. The maximum absolute atomic E-state index is 11.8. The van der Waals surface area contributed by atoms with Crippen molar-refractivity contribution in [3.63, 3.8) is 0 Å². The molecule has 1 saturated heterocycles. The molecule has 1 aliphatic heterocycles. The molecule has 0 aliphatic carbocycles. The molecule has 2 rings (SSSR count). The number of rotatable bonds is 4. The third-order valence-corrected chi connectivity index (χ3v) is 3.29. The van der Waals surface area contributed by atoms with E-state index < -0.39 is 5.60 Å². The van der Waals surface area contributed by atoms with E-state index in [-0.39, 0.29) is 12.1 Å². The van der Waals surface area contributed by atoms with Crippen LogP contribution in [0.25, 0.3) is 0 Å². The Balaban J connectivity index is 1.93. The molecule has 0 aromatic carbocycles. The van der Waals surface area contributed by atoms with Crippen molar-refractivity contribution in [3.8, 4) is 0 Å². The van der Waals surface area contributed by atoms with Crippen LogP contribution in [-0.4, -0.2) is 36.2 Å². The first-order chi connectivity index (χ1) is 9.46. The molecule has 1 amide bonds. The van der Waals surface area contributed by atoms with E-state index in [0.29, 0.717) is 6.54 Å². The van der Waals surface area contributed by atoms with Gasteiger partial charge in [0.2, 0.25) is 0 Å². The number of nitrogens with one attached hydrogen (secondary N) is 1. The zero-order valence-corrected chi connectivity index (χ0v) is 12.5. The molecule has 5 nitrogen and oxygen atoms in total. The van der Waals surface area contributed by atoms with Crippen LogP contribution in [0.3, 0.4) is 0 Å². The molecule has 0 saturated carbocycles. The van der Waals surface area contributed by atoms with Gasteiger partial charge in [-0.15, -0.1) is 0 Å². The van der Waals surface area contributed by atoms with Crippen LogP contribution in [0.1, 0.15) is 45.4 Å². The van der Waals surface area contributed by atoms with Gasteiger partial charge in [0.1, 0.15) is 11.4 Å². The number of hydrogen-bond acceptors (Lipinski definition) is 4. The third-order valence-electron chi connectivity index (χ3n) is 3.29. The normalized spacial score (nSPS) is 17.9. The zero-order chi connectivity index (χ0) is 14.6. The molecule has 1 atom stereocenters. The van der Waals surface area contributed by atoms with Crippen molar-refractivity contribution in [1.29, 1.82) is 0 Å². The Morgan fingerprint density at radius 2 is 2.15 bits per heavy atom. The summed E-state index contributed by atoms with van der Waals surface area (Å²) in [5.74, 6) is 0.892. The van der Waals surface area contributed by atoms with Crippen LogP contribution >= 0.6 is 0 Å². The van der Waals surface area contributed by atoms with Gasteiger partial charge in [-0.25, -0.2) is 4.79 Å². The SMILES string of the molecule is CC(C)(C)OC(=O)NCC(c1ccco1)N1CCCC1. The van der Waals surface area contributed by atoms with Crippen LogP contribution < -0.4 is 5.32 Å². The van der Waals surface area contributed by atoms with Crippen molar-refractivity contribution in [2.75, 3.05) is 19.6 Å². The second-order valence-electron chi connectivity index (χ2n) is 6.16. The largest absolute Gasteiger partial charge is 0.468 e. The van der Waals surface area contributed by atoms with E-state index in [0.717, 1.165) is 18.8 Å². The smallest absolute Gasteiger partial charge is 0.407 e. The molecule has 5 heteroatoms. The minimum Gasteiger partial charge on any atom is -0.468 e. The molecule has 1 aromatic heterocycles. The maximum atomic E-state index is 11.8. The number of furan rings is 1. The topological polar surface area (TPSA) is 54.7 Å². The van der Waals surface area contributed by atoms with Crippen molar-refractivity contribution in [2.45, 2.75) is 45.3 Å². The molecule has 1 unspecified atom stereocenters. The van der Waals surface area contributed by atoms with Gasteiger partial charge in [0.05, 0.1) is 12.3 Å². The highest BCUT2D eigenvalue weighted by atomic mass is 16.6. The molecule has 20 heavy (non-hydrogen) atoms. The van der Waals surface area contributed by atoms with Gasteiger partial charge in [-0.05, 0) is 58.8 Å². The summed E-state index contributed by atoms with van der Waals surface area (Å²) < 4.78 is 10.8. The Hall–Kier alpha value is -1.49. The Kier molecular flexibility index (Phi) is 4.70. The summed E-state index contributed by atoms with van der Waals surface area (Å²) in [5, 5.41) is 2.84. The third kappa shape index (κ3) is 4.27. The van der Waals surface area contributed by atoms with E-state index in [1.807, 2.05) is 32.9 Å². The Bertz CT molecular complexity index is 417. The number of ether oxygens (including phenoxy) is 1. The lowest BCUT2D eigenvalue weighted by Crippen LogP contribution is -2.39. The summed E-state index contributed by atoms with van der Waals surface area (Å²) in [6, 6.07) is 3.92. The first-order valence-electron chi connectivity index (χ1n) is 7.20. The molecule has 0 bridgehead atoms. The lowest BCUT2D eigenvalue weighted by Gasteiger charge is -2.27. The highest BCUT2D eigenvalue weighted by Crippen LogP contribution is 2.24. The zero-order valence-electron chi connectivity index (χ0n) is 12.5.